The van der Waals surface area contributed by atoms with Gasteiger partial charge in [-0.3, -0.25) is 9.59 Å². The highest BCUT2D eigenvalue weighted by atomic mass is 32.1. The predicted octanol–water partition coefficient (Wildman–Crippen LogP) is 3.46. The van der Waals surface area contributed by atoms with Gasteiger partial charge in [-0.1, -0.05) is 36.4 Å². The molecule has 1 atom stereocenters. The van der Waals surface area contributed by atoms with E-state index in [-0.39, 0.29) is 36.2 Å². The Bertz CT molecular complexity index is 981. The molecule has 0 aliphatic heterocycles. The van der Waals surface area contributed by atoms with Crippen molar-refractivity contribution in [2.24, 2.45) is 0 Å². The molecule has 1 amide bonds. The number of aliphatic hydroxyl groups excluding tert-OH is 1. The molecule has 2 heterocycles. The van der Waals surface area contributed by atoms with Crippen molar-refractivity contribution < 1.29 is 9.90 Å². The number of benzene rings is 1. The molecule has 6 heteroatoms. The molecule has 0 saturated carbocycles. The molecular formula is C22H24N2O3S. The molecule has 0 saturated heterocycles. The van der Waals surface area contributed by atoms with E-state index in [2.05, 4.69) is 0 Å². The minimum atomic E-state index is -0.348. The van der Waals surface area contributed by atoms with Crippen molar-refractivity contribution in [3.63, 3.8) is 0 Å². The summed E-state index contributed by atoms with van der Waals surface area (Å²) in [5.74, 6) is -0.348. The normalized spacial score (nSPS) is 12.0. The number of hydrogen-bond donors (Lipinski definition) is 1. The van der Waals surface area contributed by atoms with E-state index in [0.717, 1.165) is 10.4 Å². The van der Waals surface area contributed by atoms with Crippen molar-refractivity contribution in [2.75, 3.05) is 13.2 Å². The van der Waals surface area contributed by atoms with Gasteiger partial charge in [0.25, 0.3) is 11.5 Å². The lowest BCUT2D eigenvalue weighted by atomic mass is 10.1. The van der Waals surface area contributed by atoms with Crippen LogP contribution in [-0.4, -0.2) is 33.6 Å². The number of aromatic nitrogens is 1. The Morgan fingerprint density at radius 2 is 1.93 bits per heavy atom. The lowest BCUT2D eigenvalue weighted by Crippen LogP contribution is -2.39. The van der Waals surface area contributed by atoms with Gasteiger partial charge >= 0.3 is 0 Å². The van der Waals surface area contributed by atoms with E-state index in [1.54, 1.807) is 35.1 Å². The minimum Gasteiger partial charge on any atom is -0.395 e. The van der Waals surface area contributed by atoms with Crippen molar-refractivity contribution in [1.29, 1.82) is 0 Å². The number of nitrogens with zero attached hydrogens (tertiary/aromatic N) is 2. The molecule has 5 nitrogen and oxygen atoms in total. The third-order valence-electron chi connectivity index (χ3n) is 4.82. The fourth-order valence-corrected chi connectivity index (χ4v) is 3.94. The Morgan fingerprint density at radius 1 is 1.18 bits per heavy atom. The van der Waals surface area contributed by atoms with Gasteiger partial charge in [0.1, 0.15) is 5.56 Å². The summed E-state index contributed by atoms with van der Waals surface area (Å²) in [6.45, 7) is 4.11. The van der Waals surface area contributed by atoms with Crippen molar-refractivity contribution in [3.05, 3.63) is 92.0 Å². The van der Waals surface area contributed by atoms with E-state index in [9.17, 15) is 14.7 Å². The highest BCUT2D eigenvalue weighted by Crippen LogP contribution is 2.18. The Balaban J connectivity index is 1.98. The second-order valence-corrected chi connectivity index (χ2v) is 7.73. The summed E-state index contributed by atoms with van der Waals surface area (Å²) in [4.78, 5) is 29.0. The topological polar surface area (TPSA) is 62.5 Å². The van der Waals surface area contributed by atoms with E-state index in [4.69, 9.17) is 0 Å². The lowest BCUT2D eigenvalue weighted by Gasteiger charge is -2.23. The van der Waals surface area contributed by atoms with E-state index < -0.39 is 0 Å². The molecule has 3 rings (SSSR count). The molecule has 1 unspecified atom stereocenters. The number of carbonyl (C=O) groups is 1. The number of amides is 1. The zero-order chi connectivity index (χ0) is 20.1. The standard InChI is InChI=1S/C22H24N2O3S/c1-16-10-11-24(17(2)18-7-4-3-5-8-18)22(27)20(16)21(26)23(12-13-25)15-19-9-6-14-28-19/h3-11,14,17,25H,12-13,15H2,1-2H3. The number of hydrogen-bond acceptors (Lipinski definition) is 4. The van der Waals surface area contributed by atoms with Crippen LogP contribution in [0.3, 0.4) is 0 Å². The van der Waals surface area contributed by atoms with Crippen LogP contribution in [0, 0.1) is 6.92 Å². The number of aliphatic hydroxyl groups is 1. The molecule has 28 heavy (non-hydrogen) atoms. The molecule has 3 aromatic rings. The summed E-state index contributed by atoms with van der Waals surface area (Å²) in [7, 11) is 0. The van der Waals surface area contributed by atoms with Gasteiger partial charge in [-0.15, -0.1) is 11.3 Å². The monoisotopic (exact) mass is 396 g/mol. The van der Waals surface area contributed by atoms with Crippen LogP contribution in [0.1, 0.15) is 39.3 Å². The molecular weight excluding hydrogens is 372 g/mol. The van der Waals surface area contributed by atoms with Crippen molar-refractivity contribution >= 4 is 17.2 Å². The molecule has 0 bridgehead atoms. The minimum absolute atomic E-state index is 0.155. The molecule has 0 fully saturated rings. The van der Waals surface area contributed by atoms with Gasteiger partial charge in [-0.25, -0.2) is 0 Å². The summed E-state index contributed by atoms with van der Waals surface area (Å²) in [5.41, 5.74) is 1.49. The Kier molecular flexibility index (Phi) is 6.44. The molecule has 146 valence electrons. The zero-order valence-electron chi connectivity index (χ0n) is 16.0. The fourth-order valence-electron chi connectivity index (χ4n) is 3.22. The second-order valence-electron chi connectivity index (χ2n) is 6.70. The number of rotatable bonds is 7. The van der Waals surface area contributed by atoms with E-state index in [1.165, 1.54) is 4.90 Å². The maximum Gasteiger partial charge on any atom is 0.264 e. The molecule has 0 aliphatic rings. The smallest absolute Gasteiger partial charge is 0.264 e. The average molecular weight is 397 g/mol. The Hall–Kier alpha value is -2.70. The van der Waals surface area contributed by atoms with Gasteiger partial charge < -0.3 is 14.6 Å². The predicted molar refractivity (Wildman–Crippen MR) is 112 cm³/mol. The van der Waals surface area contributed by atoms with E-state index >= 15 is 0 Å². The SMILES string of the molecule is Cc1ccn(C(C)c2ccccc2)c(=O)c1C(=O)N(CCO)Cc1cccs1. The first kappa shape index (κ1) is 20.0. The lowest BCUT2D eigenvalue weighted by molar-refractivity contribution is 0.0706. The number of thiophene rings is 1. The average Bonchev–Trinajstić information content (AvgIpc) is 3.21. The Labute approximate surface area is 168 Å². The number of aryl methyl sites for hydroxylation is 1. The van der Waals surface area contributed by atoms with Gasteiger partial charge in [-0.05, 0) is 42.5 Å². The summed E-state index contributed by atoms with van der Waals surface area (Å²) in [6.07, 6.45) is 1.74. The first-order valence-corrected chi connectivity index (χ1v) is 10.1. The maximum absolute atomic E-state index is 13.2. The summed E-state index contributed by atoms with van der Waals surface area (Å²) >= 11 is 1.54. The van der Waals surface area contributed by atoms with Crippen molar-refractivity contribution in [3.8, 4) is 0 Å². The van der Waals surface area contributed by atoms with Gasteiger partial charge in [-0.2, -0.15) is 0 Å². The van der Waals surface area contributed by atoms with E-state index in [1.807, 2.05) is 54.8 Å². The fraction of sp³-hybridized carbons (Fsp3) is 0.273. The van der Waals surface area contributed by atoms with Gasteiger partial charge in [0.2, 0.25) is 0 Å². The van der Waals surface area contributed by atoms with Crippen LogP contribution in [0.4, 0.5) is 0 Å². The molecule has 0 aliphatic carbocycles. The van der Waals surface area contributed by atoms with E-state index in [0.29, 0.717) is 12.1 Å². The van der Waals surface area contributed by atoms with Crippen molar-refractivity contribution in [1.82, 2.24) is 9.47 Å². The number of pyridine rings is 1. The highest BCUT2D eigenvalue weighted by Gasteiger charge is 2.23. The van der Waals surface area contributed by atoms with Crippen LogP contribution in [0.5, 0.6) is 0 Å². The highest BCUT2D eigenvalue weighted by molar-refractivity contribution is 7.09. The van der Waals surface area contributed by atoms with Crippen LogP contribution < -0.4 is 5.56 Å². The van der Waals surface area contributed by atoms with Gasteiger partial charge in [0.05, 0.1) is 19.2 Å². The summed E-state index contributed by atoms with van der Waals surface area (Å²) in [6, 6.07) is 15.2. The zero-order valence-corrected chi connectivity index (χ0v) is 16.9. The van der Waals surface area contributed by atoms with Crippen LogP contribution in [0.15, 0.2) is 64.9 Å². The summed E-state index contributed by atoms with van der Waals surface area (Å²) < 4.78 is 1.60. The third-order valence-corrected chi connectivity index (χ3v) is 5.69. The number of carbonyl (C=O) groups excluding carboxylic acids is 1. The largest absolute Gasteiger partial charge is 0.395 e. The van der Waals surface area contributed by atoms with Gasteiger partial charge in [0.15, 0.2) is 0 Å². The van der Waals surface area contributed by atoms with Crippen LogP contribution in [-0.2, 0) is 6.54 Å². The van der Waals surface area contributed by atoms with Crippen LogP contribution in [0.25, 0.3) is 0 Å². The quantitative estimate of drug-likeness (QED) is 0.665. The van der Waals surface area contributed by atoms with Gasteiger partial charge in [0, 0.05) is 17.6 Å². The van der Waals surface area contributed by atoms with Crippen LogP contribution >= 0.6 is 11.3 Å². The maximum atomic E-state index is 13.2. The Morgan fingerprint density at radius 3 is 2.57 bits per heavy atom. The molecule has 0 spiro atoms. The first-order chi connectivity index (χ1) is 13.5. The molecule has 0 radical (unpaired) electrons. The molecule has 1 N–H and O–H groups in total. The third kappa shape index (κ3) is 4.24. The van der Waals surface area contributed by atoms with Crippen molar-refractivity contribution in [2.45, 2.75) is 26.4 Å². The molecule has 2 aromatic heterocycles. The van der Waals surface area contributed by atoms with Crippen LogP contribution in [0.2, 0.25) is 0 Å². The first-order valence-electron chi connectivity index (χ1n) is 9.22. The second kappa shape index (κ2) is 8.99. The summed E-state index contributed by atoms with van der Waals surface area (Å²) in [5, 5.41) is 11.4. The molecule has 1 aromatic carbocycles.